The Kier molecular flexibility index (Phi) is 17.9. The molecule has 46 heavy (non-hydrogen) atoms. The second-order valence-corrected chi connectivity index (χ2v) is 21.2. The van der Waals surface area contributed by atoms with Gasteiger partial charge in [0.15, 0.2) is 0 Å². The molecule has 0 spiro atoms. The molecule has 4 nitrogen and oxygen atoms in total. The fourth-order valence-corrected chi connectivity index (χ4v) is 9.43. The first kappa shape index (κ1) is 43.9. The number of fused-ring (bicyclic) bond motifs is 2. The standard InChI is InChI=1S/2C18H28N2P2.Au.ClH/c2*1-17(2,3)11-21-15-16(22-12-18(4,5)6)20-14-10-8-7-9-13(14)19-15;;/h2*7-10,21-22H,11-12H2,1-6H3;;1H/q;;+1;/p-1. The van der Waals surface area contributed by atoms with Crippen LogP contribution in [0.15, 0.2) is 48.5 Å². The number of benzene rings is 2. The molecule has 0 saturated carbocycles. The van der Waals surface area contributed by atoms with Crippen molar-refractivity contribution in [1.29, 1.82) is 0 Å². The second-order valence-electron chi connectivity index (χ2n) is 16.5. The van der Waals surface area contributed by atoms with Gasteiger partial charge in [-0.25, -0.2) is 19.9 Å². The van der Waals surface area contributed by atoms with E-state index in [-0.39, 0.29) is 34.8 Å². The summed E-state index contributed by atoms with van der Waals surface area (Å²) in [7, 11) is 2.98. The molecule has 0 aliphatic heterocycles. The minimum Gasteiger partial charge on any atom is -1.00 e. The van der Waals surface area contributed by atoms with Crippen molar-refractivity contribution in [1.82, 2.24) is 19.9 Å². The molecule has 258 valence electrons. The van der Waals surface area contributed by atoms with Crippen LogP contribution in [0.2, 0.25) is 0 Å². The van der Waals surface area contributed by atoms with Crippen LogP contribution in [0, 0.1) is 21.7 Å². The van der Waals surface area contributed by atoms with Gasteiger partial charge in [-0.2, -0.15) is 0 Å². The molecule has 2 aromatic carbocycles. The maximum atomic E-state index is 4.94. The summed E-state index contributed by atoms with van der Waals surface area (Å²) in [6.45, 7) is 27.6. The minimum absolute atomic E-state index is 0. The smallest absolute Gasteiger partial charge is 1.00 e. The molecule has 0 radical (unpaired) electrons. The molecule has 4 aromatic rings. The fourth-order valence-electron chi connectivity index (χ4n) is 3.89. The molecular weight excluding hydrogens is 845 g/mol. The van der Waals surface area contributed by atoms with E-state index >= 15 is 0 Å². The van der Waals surface area contributed by atoms with Gasteiger partial charge in [0.2, 0.25) is 0 Å². The fraction of sp³-hybridized carbons (Fsp3) is 0.556. The van der Waals surface area contributed by atoms with E-state index in [2.05, 4.69) is 107 Å². The maximum absolute atomic E-state index is 4.94. The Morgan fingerprint density at radius 3 is 0.717 bits per heavy atom. The second kappa shape index (κ2) is 18.7. The predicted octanol–water partition coefficient (Wildman–Crippen LogP) is 5.66. The van der Waals surface area contributed by atoms with Crippen molar-refractivity contribution >= 4 is 78.1 Å². The van der Waals surface area contributed by atoms with E-state index in [0.29, 0.717) is 21.7 Å². The molecule has 0 amide bonds. The Morgan fingerprint density at radius 1 is 0.391 bits per heavy atom. The van der Waals surface area contributed by atoms with Crippen LogP contribution in [0.1, 0.15) is 83.1 Å². The van der Waals surface area contributed by atoms with Crippen molar-refractivity contribution in [2.75, 3.05) is 24.6 Å². The molecule has 2 aromatic heterocycles. The van der Waals surface area contributed by atoms with Crippen LogP contribution in [0.3, 0.4) is 0 Å². The Labute approximate surface area is 308 Å². The number of hydrogen-bond acceptors (Lipinski definition) is 4. The van der Waals surface area contributed by atoms with Crippen LogP contribution in [0.5, 0.6) is 0 Å². The monoisotopic (exact) mass is 900 g/mol. The third-order valence-electron chi connectivity index (χ3n) is 6.29. The molecular formula is C36H56AuClN4P4. The van der Waals surface area contributed by atoms with Gasteiger partial charge in [-0.3, -0.25) is 0 Å². The van der Waals surface area contributed by atoms with Gasteiger partial charge in [-0.15, -0.1) is 0 Å². The molecule has 0 fully saturated rings. The molecule has 4 atom stereocenters. The zero-order chi connectivity index (χ0) is 32.8. The molecule has 4 rings (SSSR count). The summed E-state index contributed by atoms with van der Waals surface area (Å²) in [4.78, 5) is 19.7. The van der Waals surface area contributed by atoms with E-state index in [1.807, 2.05) is 24.3 Å². The average molecular weight is 901 g/mol. The number of aromatic nitrogens is 4. The van der Waals surface area contributed by atoms with Gasteiger partial charge in [-0.1, -0.05) is 142 Å². The zero-order valence-electron chi connectivity index (χ0n) is 29.9. The van der Waals surface area contributed by atoms with E-state index in [1.165, 1.54) is 46.4 Å². The van der Waals surface area contributed by atoms with Crippen LogP contribution < -0.4 is 34.1 Å². The van der Waals surface area contributed by atoms with Crippen LogP contribution >= 0.6 is 34.3 Å². The van der Waals surface area contributed by atoms with Gasteiger partial charge in [0.05, 0.1) is 43.8 Å². The van der Waals surface area contributed by atoms with Crippen molar-refractivity contribution in [2.45, 2.75) is 83.1 Å². The third kappa shape index (κ3) is 16.5. The summed E-state index contributed by atoms with van der Waals surface area (Å²) in [5.74, 6) is 0. The number of nitrogens with zero attached hydrogens (tertiary/aromatic N) is 4. The van der Waals surface area contributed by atoms with Crippen LogP contribution in [-0.4, -0.2) is 44.6 Å². The Hall–Kier alpha value is -0.130. The van der Waals surface area contributed by atoms with Crippen LogP contribution in [0.25, 0.3) is 22.1 Å². The minimum atomic E-state index is 0. The van der Waals surface area contributed by atoms with Gasteiger partial charge in [0.25, 0.3) is 0 Å². The molecule has 0 aliphatic rings. The Balaban J connectivity index is 0.000000441. The first-order chi connectivity index (χ1) is 20.3. The molecule has 0 aliphatic carbocycles. The van der Waals surface area contributed by atoms with Gasteiger partial charge in [0.1, 0.15) is 0 Å². The number of rotatable bonds is 8. The summed E-state index contributed by atoms with van der Waals surface area (Å²) in [5, 5.41) is 0. The molecule has 0 saturated heterocycles. The summed E-state index contributed by atoms with van der Waals surface area (Å²) in [6, 6.07) is 16.5. The summed E-state index contributed by atoms with van der Waals surface area (Å²) < 4.78 is 0. The maximum Gasteiger partial charge on any atom is 1.00 e. The van der Waals surface area contributed by atoms with Crippen molar-refractivity contribution in [3.8, 4) is 0 Å². The topological polar surface area (TPSA) is 51.6 Å². The van der Waals surface area contributed by atoms with E-state index in [4.69, 9.17) is 19.9 Å². The van der Waals surface area contributed by atoms with Crippen LogP contribution in [0.4, 0.5) is 0 Å². The molecule has 2 heterocycles. The summed E-state index contributed by atoms with van der Waals surface area (Å²) >= 11 is 0. The first-order valence-corrected chi connectivity index (χ1v) is 20.6. The number of hydrogen-bond donors (Lipinski definition) is 0. The SMILES string of the molecule is CC(C)(C)CPc1nc2ccccc2nc1PCC(C)(C)C.CC(C)(C)CPc1nc2ccccc2nc1PCC(C)(C)C.[Au+].[Cl-]. The summed E-state index contributed by atoms with van der Waals surface area (Å²) in [5.41, 5.74) is 10.4. The number of halogens is 1. The third-order valence-corrected chi connectivity index (χ3v) is 14.5. The van der Waals surface area contributed by atoms with Crippen molar-refractivity contribution < 1.29 is 34.8 Å². The van der Waals surface area contributed by atoms with E-state index < -0.39 is 0 Å². The first-order valence-electron chi connectivity index (χ1n) is 15.8. The quantitative estimate of drug-likeness (QED) is 0.170. The predicted molar refractivity (Wildman–Crippen MR) is 208 cm³/mol. The van der Waals surface area contributed by atoms with Crippen molar-refractivity contribution in [3.63, 3.8) is 0 Å². The Bertz CT molecular complexity index is 1300. The number of para-hydroxylation sites is 4. The Morgan fingerprint density at radius 2 is 0.565 bits per heavy atom. The van der Waals surface area contributed by atoms with Crippen LogP contribution in [-0.2, 0) is 22.4 Å². The molecule has 10 heteroatoms. The normalized spacial score (nSPS) is 13.3. The van der Waals surface area contributed by atoms with Gasteiger partial charge in [-0.05, 0) is 70.6 Å². The van der Waals surface area contributed by atoms with E-state index in [0.717, 1.165) is 56.4 Å². The molecule has 0 bridgehead atoms. The molecule has 4 unspecified atom stereocenters. The summed E-state index contributed by atoms with van der Waals surface area (Å²) in [6.07, 6.45) is 4.69. The zero-order valence-corrected chi connectivity index (χ0v) is 36.8. The van der Waals surface area contributed by atoms with E-state index in [1.54, 1.807) is 0 Å². The molecule has 0 N–H and O–H groups in total. The van der Waals surface area contributed by atoms with Crippen molar-refractivity contribution in [3.05, 3.63) is 48.5 Å². The van der Waals surface area contributed by atoms with E-state index in [9.17, 15) is 0 Å². The van der Waals surface area contributed by atoms with Crippen molar-refractivity contribution in [2.24, 2.45) is 21.7 Å². The van der Waals surface area contributed by atoms with Gasteiger partial charge in [0, 0.05) is 0 Å². The van der Waals surface area contributed by atoms with Gasteiger partial charge < -0.3 is 12.4 Å². The van der Waals surface area contributed by atoms with Gasteiger partial charge >= 0.3 is 22.4 Å². The average Bonchev–Trinajstić information content (AvgIpc) is 2.91. The largest absolute Gasteiger partial charge is 1.00 e.